The van der Waals surface area contributed by atoms with Gasteiger partial charge in [0.25, 0.3) is 0 Å². The third-order valence-electron chi connectivity index (χ3n) is 3.27. The average Bonchev–Trinajstić information content (AvgIpc) is 2.60. The van der Waals surface area contributed by atoms with E-state index in [4.69, 9.17) is 4.74 Å². The van der Waals surface area contributed by atoms with Gasteiger partial charge >= 0.3 is 0 Å². The van der Waals surface area contributed by atoms with Crippen LogP contribution in [0.4, 0.5) is 0 Å². The van der Waals surface area contributed by atoms with E-state index in [0.717, 1.165) is 39.1 Å². The molecule has 0 saturated heterocycles. The van der Waals surface area contributed by atoms with Crippen LogP contribution in [0.15, 0.2) is 35.3 Å². The van der Waals surface area contributed by atoms with Crippen molar-refractivity contribution in [2.75, 3.05) is 39.4 Å². The van der Waals surface area contributed by atoms with Gasteiger partial charge in [-0.2, -0.15) is 0 Å². The summed E-state index contributed by atoms with van der Waals surface area (Å²) in [6.45, 7) is 7.70. The molecular formula is C18H31IN4O2. The zero-order chi connectivity index (χ0) is 17.5. The van der Waals surface area contributed by atoms with Gasteiger partial charge in [0.15, 0.2) is 5.96 Å². The molecule has 0 aromatic heterocycles. The van der Waals surface area contributed by atoms with Gasteiger partial charge in [-0.15, -0.1) is 24.0 Å². The van der Waals surface area contributed by atoms with E-state index < -0.39 is 0 Å². The monoisotopic (exact) mass is 462 g/mol. The van der Waals surface area contributed by atoms with Crippen LogP contribution >= 0.6 is 24.0 Å². The first-order valence-electron chi connectivity index (χ1n) is 8.66. The average molecular weight is 462 g/mol. The summed E-state index contributed by atoms with van der Waals surface area (Å²) in [5.74, 6) is 0.588. The van der Waals surface area contributed by atoms with Crippen molar-refractivity contribution in [1.29, 1.82) is 0 Å². The van der Waals surface area contributed by atoms with Crippen LogP contribution in [0, 0.1) is 0 Å². The highest BCUT2D eigenvalue weighted by molar-refractivity contribution is 14.0. The molecule has 3 N–H and O–H groups in total. The number of carbonyl (C=O) groups excluding carboxylic acids is 1. The zero-order valence-electron chi connectivity index (χ0n) is 15.2. The molecule has 7 heteroatoms. The summed E-state index contributed by atoms with van der Waals surface area (Å²) >= 11 is 0. The third kappa shape index (κ3) is 12.6. The number of nitrogens with zero attached hydrogens (tertiary/aromatic N) is 1. The Labute approximate surface area is 168 Å². The van der Waals surface area contributed by atoms with Crippen LogP contribution in [0.2, 0.25) is 0 Å². The minimum Gasteiger partial charge on any atom is -0.382 e. The van der Waals surface area contributed by atoms with Crippen molar-refractivity contribution in [1.82, 2.24) is 16.0 Å². The first-order chi connectivity index (χ1) is 11.8. The second kappa shape index (κ2) is 16.1. The predicted octanol–water partition coefficient (Wildman–Crippen LogP) is 1.94. The Bertz CT molecular complexity index is 483. The number of benzene rings is 1. The summed E-state index contributed by atoms with van der Waals surface area (Å²) in [5, 5.41) is 9.22. The lowest BCUT2D eigenvalue weighted by Gasteiger charge is -2.11. The van der Waals surface area contributed by atoms with Crippen LogP contribution in [0.1, 0.15) is 25.8 Å². The molecule has 0 unspecified atom stereocenters. The number of aliphatic imine (C=N–C) groups is 1. The fourth-order valence-corrected chi connectivity index (χ4v) is 2.06. The van der Waals surface area contributed by atoms with E-state index in [1.165, 1.54) is 5.56 Å². The zero-order valence-corrected chi connectivity index (χ0v) is 17.5. The minimum atomic E-state index is -0.0718. The molecule has 0 aliphatic heterocycles. The molecule has 0 radical (unpaired) electrons. The fraction of sp³-hybridized carbons (Fsp3) is 0.556. The molecule has 1 rings (SSSR count). The maximum Gasteiger partial charge on any atom is 0.241 e. The van der Waals surface area contributed by atoms with Crippen LogP contribution in [-0.4, -0.2) is 51.3 Å². The number of hydrogen-bond acceptors (Lipinski definition) is 3. The van der Waals surface area contributed by atoms with Crippen molar-refractivity contribution in [2.45, 2.75) is 26.7 Å². The Kier molecular flexibility index (Phi) is 15.3. The molecule has 1 amide bonds. The SMILES string of the molecule is CCNC(=NCC(=O)NCCc1ccccc1)NCCCOCC.I. The number of guanidine groups is 1. The second-order valence-electron chi connectivity index (χ2n) is 5.26. The van der Waals surface area contributed by atoms with Crippen LogP contribution in [0.5, 0.6) is 0 Å². The third-order valence-corrected chi connectivity index (χ3v) is 3.27. The lowest BCUT2D eigenvalue weighted by Crippen LogP contribution is -2.39. The summed E-state index contributed by atoms with van der Waals surface area (Å²) in [4.78, 5) is 16.2. The van der Waals surface area contributed by atoms with E-state index >= 15 is 0 Å². The number of ether oxygens (including phenoxy) is 1. The fourth-order valence-electron chi connectivity index (χ4n) is 2.06. The van der Waals surface area contributed by atoms with Crippen LogP contribution < -0.4 is 16.0 Å². The number of amides is 1. The molecule has 1 aromatic carbocycles. The number of nitrogens with one attached hydrogen (secondary N) is 3. The van der Waals surface area contributed by atoms with Crippen molar-refractivity contribution >= 4 is 35.8 Å². The van der Waals surface area contributed by atoms with Gasteiger partial charge < -0.3 is 20.7 Å². The van der Waals surface area contributed by atoms with Gasteiger partial charge in [-0.1, -0.05) is 30.3 Å². The molecule has 25 heavy (non-hydrogen) atoms. The van der Waals surface area contributed by atoms with Crippen molar-refractivity contribution in [2.24, 2.45) is 4.99 Å². The lowest BCUT2D eigenvalue weighted by molar-refractivity contribution is -0.119. The molecule has 0 spiro atoms. The van der Waals surface area contributed by atoms with Crippen LogP contribution in [-0.2, 0) is 16.0 Å². The molecule has 0 atom stereocenters. The first kappa shape index (κ1) is 23.6. The molecular weight excluding hydrogens is 431 g/mol. The van der Waals surface area contributed by atoms with Gasteiger partial charge in [0.2, 0.25) is 5.91 Å². The van der Waals surface area contributed by atoms with Gasteiger partial charge in [0, 0.05) is 32.8 Å². The highest BCUT2D eigenvalue weighted by Crippen LogP contribution is 1.97. The summed E-state index contributed by atoms with van der Waals surface area (Å²) in [6, 6.07) is 10.1. The van der Waals surface area contributed by atoms with Gasteiger partial charge in [-0.25, -0.2) is 4.99 Å². The van der Waals surface area contributed by atoms with E-state index in [1.807, 2.05) is 32.0 Å². The van der Waals surface area contributed by atoms with Crippen molar-refractivity contribution < 1.29 is 9.53 Å². The molecule has 0 fully saturated rings. The summed E-state index contributed by atoms with van der Waals surface area (Å²) in [6.07, 6.45) is 1.73. The van der Waals surface area contributed by atoms with Crippen molar-refractivity contribution in [3.8, 4) is 0 Å². The van der Waals surface area contributed by atoms with Gasteiger partial charge in [-0.05, 0) is 32.3 Å². The highest BCUT2D eigenvalue weighted by atomic mass is 127. The topological polar surface area (TPSA) is 74.8 Å². The van der Waals surface area contributed by atoms with E-state index in [-0.39, 0.29) is 36.4 Å². The standard InChI is InChI=1S/C18H30N4O2.HI/c1-3-19-18(21-12-8-14-24-4-2)22-15-17(23)20-13-11-16-9-6-5-7-10-16;/h5-7,9-10H,3-4,8,11-15H2,1-2H3,(H,20,23)(H2,19,21,22);1H. The summed E-state index contributed by atoms with van der Waals surface area (Å²) in [7, 11) is 0. The van der Waals surface area contributed by atoms with Crippen molar-refractivity contribution in [3.63, 3.8) is 0 Å². The molecule has 0 aliphatic carbocycles. The van der Waals surface area contributed by atoms with E-state index in [0.29, 0.717) is 12.5 Å². The largest absolute Gasteiger partial charge is 0.382 e. The van der Waals surface area contributed by atoms with Gasteiger partial charge in [0.1, 0.15) is 6.54 Å². The number of hydrogen-bond donors (Lipinski definition) is 3. The maximum absolute atomic E-state index is 11.9. The predicted molar refractivity (Wildman–Crippen MR) is 114 cm³/mol. The number of halogens is 1. The lowest BCUT2D eigenvalue weighted by atomic mass is 10.1. The van der Waals surface area contributed by atoms with Crippen LogP contribution in [0.3, 0.4) is 0 Å². The Hall–Kier alpha value is -1.35. The quantitative estimate of drug-likeness (QED) is 0.204. The van der Waals surface area contributed by atoms with E-state index in [1.54, 1.807) is 0 Å². The minimum absolute atomic E-state index is 0. The van der Waals surface area contributed by atoms with E-state index in [9.17, 15) is 4.79 Å². The number of carbonyl (C=O) groups is 1. The summed E-state index contributed by atoms with van der Waals surface area (Å²) < 4.78 is 5.29. The normalized spacial score (nSPS) is 10.7. The first-order valence-corrected chi connectivity index (χ1v) is 8.66. The van der Waals surface area contributed by atoms with E-state index in [2.05, 4.69) is 33.1 Å². The Morgan fingerprint density at radius 1 is 1.08 bits per heavy atom. The Morgan fingerprint density at radius 3 is 2.52 bits per heavy atom. The smallest absolute Gasteiger partial charge is 0.241 e. The summed E-state index contributed by atoms with van der Waals surface area (Å²) in [5.41, 5.74) is 1.21. The highest BCUT2D eigenvalue weighted by Gasteiger charge is 2.02. The Morgan fingerprint density at radius 2 is 1.84 bits per heavy atom. The molecule has 1 aromatic rings. The Balaban J connectivity index is 0.00000576. The van der Waals surface area contributed by atoms with Crippen LogP contribution in [0.25, 0.3) is 0 Å². The van der Waals surface area contributed by atoms with Gasteiger partial charge in [-0.3, -0.25) is 4.79 Å². The molecule has 0 bridgehead atoms. The molecule has 0 saturated carbocycles. The molecule has 0 heterocycles. The van der Waals surface area contributed by atoms with Gasteiger partial charge in [0.05, 0.1) is 0 Å². The van der Waals surface area contributed by atoms with Crippen molar-refractivity contribution in [3.05, 3.63) is 35.9 Å². The molecule has 6 nitrogen and oxygen atoms in total. The molecule has 142 valence electrons. The maximum atomic E-state index is 11.9. The number of rotatable bonds is 11. The second-order valence-corrected chi connectivity index (χ2v) is 5.26. The molecule has 0 aliphatic rings.